The zero-order valence-electron chi connectivity index (χ0n) is 12.8. The Kier molecular flexibility index (Phi) is 5.17. The third kappa shape index (κ3) is 3.21. The number of likely N-dealkylation sites (N-methyl/N-ethyl adjacent to an activating group) is 1. The van der Waals surface area contributed by atoms with Crippen LogP contribution in [0.1, 0.15) is 51.1 Å². The van der Waals surface area contributed by atoms with E-state index in [1.807, 2.05) is 19.2 Å². The summed E-state index contributed by atoms with van der Waals surface area (Å²) in [5.74, 6) is 0.584. The average molecular weight is 279 g/mol. The Morgan fingerprint density at radius 2 is 1.90 bits per heavy atom. The molecule has 1 aromatic carbocycles. The fourth-order valence-corrected chi connectivity index (χ4v) is 3.44. The molecule has 3 heteroatoms. The molecule has 2 rings (SSSR count). The van der Waals surface area contributed by atoms with Crippen LogP contribution in [0.5, 0.6) is 0 Å². The van der Waals surface area contributed by atoms with Crippen LogP contribution in [0.4, 0.5) is 4.39 Å². The Morgan fingerprint density at radius 1 is 1.30 bits per heavy atom. The smallest absolute Gasteiger partial charge is 0.123 e. The van der Waals surface area contributed by atoms with Crippen LogP contribution >= 0.6 is 0 Å². The van der Waals surface area contributed by atoms with Crippen LogP contribution in [-0.4, -0.2) is 19.3 Å². The summed E-state index contributed by atoms with van der Waals surface area (Å²) in [5.41, 5.74) is 0.949. The second kappa shape index (κ2) is 6.68. The number of rotatable bonds is 5. The molecular weight excluding hydrogens is 253 g/mol. The van der Waals surface area contributed by atoms with E-state index >= 15 is 0 Å². The molecule has 2 nitrogen and oxygen atoms in total. The van der Waals surface area contributed by atoms with E-state index in [0.717, 1.165) is 24.3 Å². The fraction of sp³-hybridized carbons (Fsp3) is 0.647. The minimum atomic E-state index is -0.189. The summed E-state index contributed by atoms with van der Waals surface area (Å²) in [6, 6.07) is 6.93. The summed E-state index contributed by atoms with van der Waals surface area (Å²) in [4.78, 5) is 0. The maximum atomic E-state index is 13.1. The van der Waals surface area contributed by atoms with Gasteiger partial charge >= 0.3 is 0 Å². The van der Waals surface area contributed by atoms with Gasteiger partial charge in [0.2, 0.25) is 0 Å². The zero-order valence-corrected chi connectivity index (χ0v) is 12.8. The van der Waals surface area contributed by atoms with Gasteiger partial charge in [0.15, 0.2) is 0 Å². The van der Waals surface area contributed by atoms with Gasteiger partial charge in [-0.25, -0.2) is 4.39 Å². The lowest BCUT2D eigenvalue weighted by Gasteiger charge is -2.45. The van der Waals surface area contributed by atoms with Gasteiger partial charge in [0.05, 0.1) is 11.6 Å². The number of nitrogens with one attached hydrogen (secondary N) is 1. The first-order valence-electron chi connectivity index (χ1n) is 7.68. The maximum Gasteiger partial charge on any atom is 0.123 e. The Morgan fingerprint density at radius 3 is 2.40 bits per heavy atom. The predicted octanol–water partition coefficient (Wildman–Crippen LogP) is 4.07. The molecule has 0 saturated heterocycles. The second-order valence-corrected chi connectivity index (χ2v) is 5.95. The van der Waals surface area contributed by atoms with Gasteiger partial charge in [-0.1, -0.05) is 19.1 Å². The van der Waals surface area contributed by atoms with Crippen LogP contribution in [0.3, 0.4) is 0 Å². The molecule has 1 fully saturated rings. The van der Waals surface area contributed by atoms with Crippen molar-refractivity contribution in [3.05, 3.63) is 35.6 Å². The second-order valence-electron chi connectivity index (χ2n) is 5.95. The highest BCUT2D eigenvalue weighted by Crippen LogP contribution is 2.43. The molecule has 1 unspecified atom stereocenters. The highest BCUT2D eigenvalue weighted by molar-refractivity contribution is 5.23. The third-order valence-corrected chi connectivity index (χ3v) is 4.57. The van der Waals surface area contributed by atoms with Crippen LogP contribution < -0.4 is 5.32 Å². The quantitative estimate of drug-likeness (QED) is 0.877. The summed E-state index contributed by atoms with van der Waals surface area (Å²) in [5, 5.41) is 3.40. The molecule has 1 aliphatic carbocycles. The summed E-state index contributed by atoms with van der Waals surface area (Å²) in [7, 11) is 1.97. The van der Waals surface area contributed by atoms with Crippen LogP contribution in [-0.2, 0) is 4.74 Å². The predicted molar refractivity (Wildman–Crippen MR) is 80.2 cm³/mol. The summed E-state index contributed by atoms with van der Waals surface area (Å²) in [6.45, 7) is 5.08. The molecular formula is C17H26FNO. The van der Waals surface area contributed by atoms with Crippen LogP contribution in [0.15, 0.2) is 24.3 Å². The van der Waals surface area contributed by atoms with Crippen molar-refractivity contribution in [2.45, 2.75) is 51.2 Å². The van der Waals surface area contributed by atoms with E-state index in [2.05, 4.69) is 19.2 Å². The Hall–Kier alpha value is -0.930. The topological polar surface area (TPSA) is 21.3 Å². The van der Waals surface area contributed by atoms with Gasteiger partial charge in [-0.05, 0) is 63.3 Å². The van der Waals surface area contributed by atoms with E-state index in [4.69, 9.17) is 4.74 Å². The van der Waals surface area contributed by atoms with Crippen LogP contribution in [0.2, 0.25) is 0 Å². The average Bonchev–Trinajstić information content (AvgIpc) is 2.45. The zero-order chi connectivity index (χ0) is 14.6. The van der Waals surface area contributed by atoms with Gasteiger partial charge < -0.3 is 10.1 Å². The fourth-order valence-electron chi connectivity index (χ4n) is 3.44. The molecule has 0 aromatic heterocycles. The summed E-state index contributed by atoms with van der Waals surface area (Å²) >= 11 is 0. The van der Waals surface area contributed by atoms with E-state index in [9.17, 15) is 4.39 Å². The normalized spacial score (nSPS) is 28.3. The van der Waals surface area contributed by atoms with E-state index in [-0.39, 0.29) is 17.5 Å². The van der Waals surface area contributed by atoms with Crippen molar-refractivity contribution in [3.8, 4) is 0 Å². The van der Waals surface area contributed by atoms with Crippen molar-refractivity contribution < 1.29 is 9.13 Å². The molecule has 0 heterocycles. The Bertz CT molecular complexity index is 410. The Balaban J connectivity index is 2.27. The van der Waals surface area contributed by atoms with Crippen molar-refractivity contribution in [1.29, 1.82) is 0 Å². The maximum absolute atomic E-state index is 13.1. The first-order chi connectivity index (χ1) is 9.61. The molecule has 1 N–H and O–H groups in total. The van der Waals surface area contributed by atoms with Crippen molar-refractivity contribution in [1.82, 2.24) is 5.32 Å². The molecule has 1 saturated carbocycles. The number of halogens is 1. The molecule has 112 valence electrons. The molecule has 0 amide bonds. The highest BCUT2D eigenvalue weighted by atomic mass is 19.1. The van der Waals surface area contributed by atoms with Crippen molar-refractivity contribution in [3.63, 3.8) is 0 Å². The van der Waals surface area contributed by atoms with Crippen LogP contribution in [0.25, 0.3) is 0 Å². The lowest BCUT2D eigenvalue weighted by molar-refractivity contribution is -0.0962. The molecule has 0 bridgehead atoms. The number of benzene rings is 1. The van der Waals surface area contributed by atoms with Gasteiger partial charge in [-0.3, -0.25) is 0 Å². The monoisotopic (exact) mass is 279 g/mol. The van der Waals surface area contributed by atoms with Crippen LogP contribution in [0, 0.1) is 11.7 Å². The standard InChI is InChI=1S/C17H26FNO/c1-4-20-17(11-9-13(2)10-12-17)16(19-3)14-5-7-15(18)8-6-14/h5-8,13,16,19H,4,9-12H2,1-3H3. The van der Waals surface area contributed by atoms with E-state index in [0.29, 0.717) is 6.61 Å². The molecule has 1 atom stereocenters. The van der Waals surface area contributed by atoms with Gasteiger partial charge in [-0.2, -0.15) is 0 Å². The number of hydrogen-bond acceptors (Lipinski definition) is 2. The summed E-state index contributed by atoms with van der Waals surface area (Å²) < 4.78 is 19.3. The largest absolute Gasteiger partial charge is 0.373 e. The lowest BCUT2D eigenvalue weighted by Crippen LogP contribution is -2.47. The molecule has 20 heavy (non-hydrogen) atoms. The minimum absolute atomic E-state index is 0.121. The lowest BCUT2D eigenvalue weighted by atomic mass is 9.73. The first kappa shape index (κ1) is 15.5. The first-order valence-corrected chi connectivity index (χ1v) is 7.68. The summed E-state index contributed by atoms with van der Waals surface area (Å²) in [6.07, 6.45) is 4.51. The minimum Gasteiger partial charge on any atom is -0.373 e. The molecule has 1 aromatic rings. The number of ether oxygens (including phenoxy) is 1. The third-order valence-electron chi connectivity index (χ3n) is 4.57. The SMILES string of the molecule is CCOC1(C(NC)c2ccc(F)cc2)CCC(C)CC1. The highest BCUT2D eigenvalue weighted by Gasteiger charge is 2.42. The van der Waals surface area contributed by atoms with E-state index in [1.165, 1.54) is 25.0 Å². The molecule has 0 spiro atoms. The molecule has 1 aliphatic rings. The van der Waals surface area contributed by atoms with Crippen molar-refractivity contribution >= 4 is 0 Å². The van der Waals surface area contributed by atoms with E-state index in [1.54, 1.807) is 0 Å². The van der Waals surface area contributed by atoms with Gasteiger partial charge in [0.25, 0.3) is 0 Å². The Labute approximate surface area is 121 Å². The molecule has 0 radical (unpaired) electrons. The van der Waals surface area contributed by atoms with E-state index < -0.39 is 0 Å². The molecule has 0 aliphatic heterocycles. The van der Waals surface area contributed by atoms with Crippen molar-refractivity contribution in [2.24, 2.45) is 5.92 Å². The number of hydrogen-bond donors (Lipinski definition) is 1. The van der Waals surface area contributed by atoms with Gasteiger partial charge in [0.1, 0.15) is 5.82 Å². The van der Waals surface area contributed by atoms with Gasteiger partial charge in [-0.15, -0.1) is 0 Å². The van der Waals surface area contributed by atoms with Crippen molar-refractivity contribution in [2.75, 3.05) is 13.7 Å². The van der Waals surface area contributed by atoms with Gasteiger partial charge in [0, 0.05) is 6.61 Å².